The number of halogens is 1. The van der Waals surface area contributed by atoms with Crippen LogP contribution in [-0.2, 0) is 14.8 Å². The Balaban J connectivity index is 1.64. The molecule has 8 nitrogen and oxygen atoms in total. The summed E-state index contributed by atoms with van der Waals surface area (Å²) in [5.41, 5.74) is 0. The molecular weight excluding hydrogens is 438 g/mol. The summed E-state index contributed by atoms with van der Waals surface area (Å²) in [6.45, 7) is 4.54. The van der Waals surface area contributed by atoms with Crippen molar-refractivity contribution < 1.29 is 22.4 Å². The summed E-state index contributed by atoms with van der Waals surface area (Å²) >= 11 is 6.86. The third-order valence-corrected chi connectivity index (χ3v) is 8.25. The highest BCUT2D eigenvalue weighted by Gasteiger charge is 2.35. The minimum Gasteiger partial charge on any atom is -0.459 e. The molecule has 0 bridgehead atoms. The van der Waals surface area contributed by atoms with Crippen LogP contribution in [0.25, 0.3) is 0 Å². The predicted octanol–water partition coefficient (Wildman–Crippen LogP) is 2.28. The Hall–Kier alpha value is -1.88. The molecule has 0 saturated carbocycles. The predicted molar refractivity (Wildman–Crippen MR) is 109 cm³/mol. The van der Waals surface area contributed by atoms with Crippen LogP contribution in [0.1, 0.15) is 24.4 Å². The lowest BCUT2D eigenvalue weighted by molar-refractivity contribution is -0.135. The number of piperazine rings is 1. The Morgan fingerprint density at radius 2 is 1.86 bits per heavy atom. The van der Waals surface area contributed by atoms with Gasteiger partial charge in [0.2, 0.25) is 5.91 Å². The SMILES string of the molecule is CC(C)C(NC(=O)c1ccco1)C(=O)N1CCN(S(=O)(=O)c2ccc(Cl)s2)CC1. The van der Waals surface area contributed by atoms with Crippen LogP contribution in [0.3, 0.4) is 0 Å². The van der Waals surface area contributed by atoms with Gasteiger partial charge in [-0.3, -0.25) is 9.59 Å². The molecule has 0 aromatic carbocycles. The first-order valence-electron chi connectivity index (χ1n) is 9.09. The zero-order valence-corrected chi connectivity index (χ0v) is 18.4. The molecule has 3 heterocycles. The van der Waals surface area contributed by atoms with Gasteiger partial charge in [-0.25, -0.2) is 8.42 Å². The summed E-state index contributed by atoms with van der Waals surface area (Å²) in [5.74, 6) is -0.709. The molecule has 2 aromatic heterocycles. The standard InChI is InChI=1S/C18H22ClN3O5S2/c1-12(2)16(20-17(23)13-4-3-11-27-13)18(24)21-7-9-22(10-8-21)29(25,26)15-6-5-14(19)28-15/h3-6,11-12,16H,7-10H2,1-2H3,(H,20,23). The van der Waals surface area contributed by atoms with Gasteiger partial charge in [0.1, 0.15) is 10.3 Å². The number of thiophene rings is 1. The van der Waals surface area contributed by atoms with Crippen LogP contribution in [0.2, 0.25) is 4.34 Å². The van der Waals surface area contributed by atoms with Crippen molar-refractivity contribution in [1.29, 1.82) is 0 Å². The molecule has 1 unspecified atom stereocenters. The Kier molecular flexibility index (Phi) is 6.67. The molecule has 3 rings (SSSR count). The van der Waals surface area contributed by atoms with Crippen molar-refractivity contribution in [1.82, 2.24) is 14.5 Å². The number of hydrogen-bond acceptors (Lipinski definition) is 6. The summed E-state index contributed by atoms with van der Waals surface area (Å²) in [4.78, 5) is 26.8. The Bertz CT molecular complexity index is 964. The van der Waals surface area contributed by atoms with Crippen molar-refractivity contribution in [2.24, 2.45) is 5.92 Å². The monoisotopic (exact) mass is 459 g/mol. The molecule has 1 N–H and O–H groups in total. The second-order valence-electron chi connectivity index (χ2n) is 6.96. The third kappa shape index (κ3) is 4.82. The summed E-state index contributed by atoms with van der Waals surface area (Å²) in [7, 11) is -3.63. The van der Waals surface area contributed by atoms with E-state index >= 15 is 0 Å². The molecule has 1 aliphatic rings. The van der Waals surface area contributed by atoms with Crippen molar-refractivity contribution in [2.75, 3.05) is 26.2 Å². The minimum absolute atomic E-state index is 0.133. The molecule has 2 amide bonds. The lowest BCUT2D eigenvalue weighted by atomic mass is 10.0. The molecule has 158 valence electrons. The van der Waals surface area contributed by atoms with Crippen molar-refractivity contribution in [3.8, 4) is 0 Å². The van der Waals surface area contributed by atoms with Crippen LogP contribution in [-0.4, -0.2) is 61.7 Å². The zero-order chi connectivity index (χ0) is 21.2. The lowest BCUT2D eigenvalue weighted by Crippen LogP contribution is -2.57. The van der Waals surface area contributed by atoms with E-state index in [0.29, 0.717) is 4.34 Å². The smallest absolute Gasteiger partial charge is 0.287 e. The lowest BCUT2D eigenvalue weighted by Gasteiger charge is -2.36. The zero-order valence-electron chi connectivity index (χ0n) is 16.0. The van der Waals surface area contributed by atoms with Gasteiger partial charge in [0.25, 0.3) is 15.9 Å². The van der Waals surface area contributed by atoms with E-state index in [1.165, 1.54) is 22.7 Å². The molecule has 1 saturated heterocycles. The average Bonchev–Trinajstić information content (AvgIpc) is 3.37. The minimum atomic E-state index is -3.63. The number of amides is 2. The molecule has 1 atom stereocenters. The number of carbonyl (C=O) groups is 2. The van der Waals surface area contributed by atoms with Gasteiger partial charge >= 0.3 is 0 Å². The molecule has 1 fully saturated rings. The fourth-order valence-corrected chi connectivity index (χ4v) is 6.10. The second-order valence-corrected chi connectivity index (χ2v) is 10.8. The molecule has 29 heavy (non-hydrogen) atoms. The first-order valence-corrected chi connectivity index (χ1v) is 11.7. The largest absolute Gasteiger partial charge is 0.459 e. The molecule has 0 aliphatic carbocycles. The van der Waals surface area contributed by atoms with Gasteiger partial charge in [0.05, 0.1) is 10.6 Å². The number of nitrogens with one attached hydrogen (secondary N) is 1. The van der Waals surface area contributed by atoms with Crippen LogP contribution in [0.5, 0.6) is 0 Å². The van der Waals surface area contributed by atoms with Crippen molar-refractivity contribution in [2.45, 2.75) is 24.1 Å². The Morgan fingerprint density at radius 1 is 1.17 bits per heavy atom. The quantitative estimate of drug-likeness (QED) is 0.714. The Morgan fingerprint density at radius 3 is 2.38 bits per heavy atom. The molecule has 0 spiro atoms. The molecule has 11 heteroatoms. The van der Waals surface area contributed by atoms with Gasteiger partial charge in [-0.15, -0.1) is 11.3 Å². The van der Waals surface area contributed by atoms with Crippen LogP contribution in [0.4, 0.5) is 0 Å². The van der Waals surface area contributed by atoms with E-state index in [-0.39, 0.29) is 48.0 Å². The van der Waals surface area contributed by atoms with Gasteiger partial charge in [-0.1, -0.05) is 25.4 Å². The summed E-state index contributed by atoms with van der Waals surface area (Å²) in [5, 5.41) is 2.72. The fraction of sp³-hybridized carbons (Fsp3) is 0.444. The first kappa shape index (κ1) is 21.8. The number of nitrogens with zero attached hydrogens (tertiary/aromatic N) is 2. The Labute approximate surface area is 178 Å². The molecule has 1 aliphatic heterocycles. The number of furan rings is 1. The highest BCUT2D eigenvalue weighted by molar-refractivity contribution is 7.91. The third-order valence-electron chi connectivity index (χ3n) is 4.66. The normalized spacial score (nSPS) is 16.8. The van der Waals surface area contributed by atoms with Gasteiger partial charge in [-0.05, 0) is 30.2 Å². The van der Waals surface area contributed by atoms with Crippen molar-refractivity contribution >= 4 is 44.8 Å². The molecule has 2 aromatic rings. The highest BCUT2D eigenvalue weighted by atomic mass is 35.5. The van der Waals surface area contributed by atoms with Crippen LogP contribution in [0.15, 0.2) is 39.2 Å². The van der Waals surface area contributed by atoms with E-state index in [9.17, 15) is 18.0 Å². The van der Waals surface area contributed by atoms with E-state index in [1.54, 1.807) is 17.0 Å². The maximum Gasteiger partial charge on any atom is 0.287 e. The number of rotatable bonds is 6. The van der Waals surface area contributed by atoms with Crippen LogP contribution < -0.4 is 5.32 Å². The maximum atomic E-state index is 13.0. The first-order chi connectivity index (χ1) is 13.7. The number of sulfonamides is 1. The van der Waals surface area contributed by atoms with Crippen LogP contribution >= 0.6 is 22.9 Å². The highest BCUT2D eigenvalue weighted by Crippen LogP contribution is 2.28. The van der Waals surface area contributed by atoms with Gasteiger partial charge in [-0.2, -0.15) is 4.31 Å². The summed E-state index contributed by atoms with van der Waals surface area (Å²) < 4.78 is 32.4. The van der Waals surface area contributed by atoms with E-state index < -0.39 is 22.0 Å². The van der Waals surface area contributed by atoms with Crippen molar-refractivity contribution in [3.05, 3.63) is 40.6 Å². The number of carbonyl (C=O) groups excluding carboxylic acids is 2. The van der Waals surface area contributed by atoms with E-state index in [0.717, 1.165) is 11.3 Å². The summed E-state index contributed by atoms with van der Waals surface area (Å²) in [6.07, 6.45) is 1.39. The van der Waals surface area contributed by atoms with Gasteiger partial charge in [0.15, 0.2) is 5.76 Å². The maximum absolute atomic E-state index is 13.0. The summed E-state index contributed by atoms with van der Waals surface area (Å²) in [6, 6.07) is 5.43. The van der Waals surface area contributed by atoms with Crippen LogP contribution in [0, 0.1) is 5.92 Å². The van der Waals surface area contributed by atoms with Gasteiger partial charge in [0, 0.05) is 26.2 Å². The molecular formula is C18H22ClN3O5S2. The molecule has 0 radical (unpaired) electrons. The number of hydrogen-bond donors (Lipinski definition) is 1. The van der Waals surface area contributed by atoms with E-state index in [2.05, 4.69) is 5.32 Å². The van der Waals surface area contributed by atoms with E-state index in [1.807, 2.05) is 13.8 Å². The topological polar surface area (TPSA) is 99.9 Å². The van der Waals surface area contributed by atoms with Gasteiger partial charge < -0.3 is 14.6 Å². The second kappa shape index (κ2) is 8.86. The average molecular weight is 460 g/mol. The fourth-order valence-electron chi connectivity index (χ4n) is 3.04. The van der Waals surface area contributed by atoms with Crippen molar-refractivity contribution in [3.63, 3.8) is 0 Å². The van der Waals surface area contributed by atoms with E-state index in [4.69, 9.17) is 16.0 Å².